The first-order valence-corrected chi connectivity index (χ1v) is 7.75. The van der Waals surface area contributed by atoms with Crippen LogP contribution in [0, 0.1) is 0 Å². The molecule has 1 aliphatic carbocycles. The van der Waals surface area contributed by atoms with E-state index >= 15 is 0 Å². The lowest BCUT2D eigenvalue weighted by Gasteiger charge is -2.21. The smallest absolute Gasteiger partial charge is 0.0821 e. The number of hydrogen-bond acceptors (Lipinski definition) is 2. The molecule has 0 bridgehead atoms. The van der Waals surface area contributed by atoms with Crippen molar-refractivity contribution in [1.29, 1.82) is 0 Å². The van der Waals surface area contributed by atoms with Gasteiger partial charge in [0.1, 0.15) is 0 Å². The van der Waals surface area contributed by atoms with Crippen molar-refractivity contribution >= 4 is 0 Å². The predicted molar refractivity (Wildman–Crippen MR) is 80.6 cm³/mol. The van der Waals surface area contributed by atoms with Crippen LogP contribution in [-0.4, -0.2) is 20.9 Å². The molecule has 0 aliphatic heterocycles. The predicted octanol–water partition coefficient (Wildman–Crippen LogP) is 2.74. The van der Waals surface area contributed by atoms with Gasteiger partial charge in [0, 0.05) is 18.1 Å². The molecule has 0 amide bonds. The molecule has 1 saturated carbocycles. The molecule has 4 heteroatoms. The van der Waals surface area contributed by atoms with Gasteiger partial charge in [-0.25, -0.2) is 0 Å². The lowest BCUT2D eigenvalue weighted by molar-refractivity contribution is 0.328. The highest BCUT2D eigenvalue weighted by atomic mass is 15.3. The normalized spacial score (nSPS) is 16.6. The zero-order valence-electron chi connectivity index (χ0n) is 12.0. The molecule has 0 atom stereocenters. The largest absolute Gasteiger partial charge is 0.345 e. The van der Waals surface area contributed by atoms with Gasteiger partial charge in [-0.2, -0.15) is 5.10 Å². The van der Waals surface area contributed by atoms with Gasteiger partial charge in [0.05, 0.1) is 18.3 Å². The third kappa shape index (κ3) is 2.96. The Morgan fingerprint density at radius 2 is 2.00 bits per heavy atom. The van der Waals surface area contributed by atoms with Crippen molar-refractivity contribution in [3.8, 4) is 0 Å². The lowest BCUT2D eigenvalue weighted by Crippen LogP contribution is -2.14. The van der Waals surface area contributed by atoms with Gasteiger partial charge in [-0.15, -0.1) is 0 Å². The van der Waals surface area contributed by atoms with Crippen molar-refractivity contribution in [2.24, 2.45) is 5.73 Å². The maximum absolute atomic E-state index is 5.65. The van der Waals surface area contributed by atoms with E-state index in [0.29, 0.717) is 12.6 Å². The molecule has 20 heavy (non-hydrogen) atoms. The summed E-state index contributed by atoms with van der Waals surface area (Å²) < 4.78 is 4.43. The molecule has 4 nitrogen and oxygen atoms in total. The number of aromatic nitrogens is 3. The average Bonchev–Trinajstić information content (AvgIpc) is 3.11. The Kier molecular flexibility index (Phi) is 4.21. The van der Waals surface area contributed by atoms with E-state index in [2.05, 4.69) is 39.8 Å². The van der Waals surface area contributed by atoms with Crippen LogP contribution in [0.2, 0.25) is 0 Å². The number of rotatable bonds is 5. The molecule has 0 spiro atoms. The molecule has 3 rings (SSSR count). The van der Waals surface area contributed by atoms with Crippen LogP contribution < -0.4 is 5.73 Å². The second-order valence-electron chi connectivity index (χ2n) is 5.75. The Morgan fingerprint density at radius 1 is 1.15 bits per heavy atom. The second-order valence-corrected chi connectivity index (χ2v) is 5.75. The summed E-state index contributed by atoms with van der Waals surface area (Å²) in [6.07, 6.45) is 11.8. The highest BCUT2D eigenvalue weighted by molar-refractivity contribution is 5.11. The number of hydrogen-bond donors (Lipinski definition) is 1. The van der Waals surface area contributed by atoms with Crippen molar-refractivity contribution in [1.82, 2.24) is 14.3 Å². The molecular formula is C16H24N4. The summed E-state index contributed by atoms with van der Waals surface area (Å²) in [7, 11) is 0. The fourth-order valence-corrected chi connectivity index (χ4v) is 3.16. The number of nitrogens with two attached hydrogens (primary N) is 1. The Labute approximate surface area is 120 Å². The van der Waals surface area contributed by atoms with Crippen molar-refractivity contribution < 1.29 is 0 Å². The summed E-state index contributed by atoms with van der Waals surface area (Å²) in [6, 6.07) is 7.00. The van der Waals surface area contributed by atoms with Gasteiger partial charge in [0.25, 0.3) is 0 Å². The number of nitrogens with zero attached hydrogens (tertiary/aromatic N) is 3. The molecule has 2 N–H and O–H groups in total. The molecule has 0 unspecified atom stereocenters. The monoisotopic (exact) mass is 272 g/mol. The van der Waals surface area contributed by atoms with Gasteiger partial charge in [0.15, 0.2) is 0 Å². The zero-order chi connectivity index (χ0) is 13.8. The third-order valence-corrected chi connectivity index (χ3v) is 4.27. The first-order chi connectivity index (χ1) is 9.86. The van der Waals surface area contributed by atoms with E-state index in [1.54, 1.807) is 0 Å². The first kappa shape index (κ1) is 13.4. The van der Waals surface area contributed by atoms with Gasteiger partial charge in [-0.05, 0) is 44.0 Å². The van der Waals surface area contributed by atoms with Crippen LogP contribution in [0.4, 0.5) is 0 Å². The first-order valence-electron chi connectivity index (χ1n) is 7.75. The topological polar surface area (TPSA) is 48.8 Å². The van der Waals surface area contributed by atoms with Crippen LogP contribution in [0.1, 0.15) is 49.5 Å². The summed E-state index contributed by atoms with van der Waals surface area (Å²) in [5, 5.41) is 4.77. The van der Waals surface area contributed by atoms with Gasteiger partial charge in [0.2, 0.25) is 0 Å². The summed E-state index contributed by atoms with van der Waals surface area (Å²) in [6.45, 7) is 1.54. The van der Waals surface area contributed by atoms with Crippen molar-refractivity contribution in [3.63, 3.8) is 0 Å². The van der Waals surface area contributed by atoms with Crippen LogP contribution in [0.3, 0.4) is 0 Å². The molecule has 1 aliphatic rings. The minimum atomic E-state index is 0.616. The SMILES string of the molecule is NCCc1cccn1Cc1ccn(C2CCCCC2)n1. The Balaban J connectivity index is 1.68. The molecule has 0 saturated heterocycles. The Bertz CT molecular complexity index is 534. The van der Waals surface area contributed by atoms with Crippen molar-refractivity contribution in [2.75, 3.05) is 6.54 Å². The molecular weight excluding hydrogens is 248 g/mol. The molecule has 2 heterocycles. The minimum Gasteiger partial charge on any atom is -0.345 e. The van der Waals surface area contributed by atoms with Gasteiger partial charge < -0.3 is 10.3 Å². The van der Waals surface area contributed by atoms with E-state index in [0.717, 1.165) is 18.7 Å². The van der Waals surface area contributed by atoms with E-state index in [9.17, 15) is 0 Å². The van der Waals surface area contributed by atoms with E-state index in [1.807, 2.05) is 0 Å². The molecule has 2 aromatic rings. The molecule has 1 fully saturated rings. The van der Waals surface area contributed by atoms with Crippen LogP contribution in [0.25, 0.3) is 0 Å². The van der Waals surface area contributed by atoms with Gasteiger partial charge in [-0.3, -0.25) is 4.68 Å². The molecule has 108 valence electrons. The standard InChI is InChI=1S/C16H24N4/c17-10-8-15-7-4-11-19(15)13-14-9-12-20(18-14)16-5-2-1-3-6-16/h4,7,9,11-12,16H,1-3,5-6,8,10,13,17H2. The maximum Gasteiger partial charge on any atom is 0.0821 e. The van der Waals surface area contributed by atoms with Gasteiger partial charge in [-0.1, -0.05) is 19.3 Å². The van der Waals surface area contributed by atoms with Crippen LogP contribution in [0.15, 0.2) is 30.6 Å². The molecule has 2 aromatic heterocycles. The summed E-state index contributed by atoms with van der Waals surface area (Å²) >= 11 is 0. The lowest BCUT2D eigenvalue weighted by atomic mass is 9.96. The average molecular weight is 272 g/mol. The fraction of sp³-hybridized carbons (Fsp3) is 0.562. The molecule has 0 aromatic carbocycles. The van der Waals surface area contributed by atoms with E-state index < -0.39 is 0 Å². The maximum atomic E-state index is 5.65. The quantitative estimate of drug-likeness (QED) is 0.910. The van der Waals surface area contributed by atoms with Gasteiger partial charge >= 0.3 is 0 Å². The summed E-state index contributed by atoms with van der Waals surface area (Å²) in [5.74, 6) is 0. The van der Waals surface area contributed by atoms with E-state index in [-0.39, 0.29) is 0 Å². The fourth-order valence-electron chi connectivity index (χ4n) is 3.16. The van der Waals surface area contributed by atoms with E-state index in [1.165, 1.54) is 37.8 Å². The van der Waals surface area contributed by atoms with Crippen molar-refractivity contribution in [2.45, 2.75) is 51.1 Å². The highest BCUT2D eigenvalue weighted by Crippen LogP contribution is 2.27. The molecule has 0 radical (unpaired) electrons. The summed E-state index contributed by atoms with van der Waals surface area (Å²) in [5.41, 5.74) is 8.09. The summed E-state index contributed by atoms with van der Waals surface area (Å²) in [4.78, 5) is 0. The van der Waals surface area contributed by atoms with Crippen LogP contribution in [-0.2, 0) is 13.0 Å². The van der Waals surface area contributed by atoms with Crippen LogP contribution >= 0.6 is 0 Å². The Morgan fingerprint density at radius 3 is 2.80 bits per heavy atom. The van der Waals surface area contributed by atoms with Crippen molar-refractivity contribution in [3.05, 3.63) is 42.0 Å². The highest BCUT2D eigenvalue weighted by Gasteiger charge is 2.16. The Hall–Kier alpha value is -1.55. The zero-order valence-corrected chi connectivity index (χ0v) is 12.0. The van der Waals surface area contributed by atoms with Crippen LogP contribution in [0.5, 0.6) is 0 Å². The minimum absolute atomic E-state index is 0.616. The third-order valence-electron chi connectivity index (χ3n) is 4.27. The second kappa shape index (κ2) is 6.27. The van der Waals surface area contributed by atoms with E-state index in [4.69, 9.17) is 10.8 Å².